The minimum Gasteiger partial charge on any atom is -0.382 e. The number of aromatic nitrogens is 3. The van der Waals surface area contributed by atoms with Gasteiger partial charge in [-0.3, -0.25) is 9.36 Å². The van der Waals surface area contributed by atoms with E-state index in [0.717, 1.165) is 15.7 Å². The van der Waals surface area contributed by atoms with Gasteiger partial charge >= 0.3 is 5.69 Å². The molecule has 0 bridgehead atoms. The molecule has 1 aromatic rings. The Bertz CT molecular complexity index is 508. The van der Waals surface area contributed by atoms with E-state index in [-0.39, 0.29) is 5.82 Å². The summed E-state index contributed by atoms with van der Waals surface area (Å²) in [6, 6.07) is 0. The van der Waals surface area contributed by atoms with E-state index in [9.17, 15) is 9.59 Å². The van der Waals surface area contributed by atoms with Crippen molar-refractivity contribution in [2.45, 2.75) is 6.42 Å². The van der Waals surface area contributed by atoms with E-state index in [4.69, 9.17) is 9.47 Å². The number of methoxy groups -OCH3 is 1. The Balaban J connectivity index is 2.42. The van der Waals surface area contributed by atoms with Crippen LogP contribution in [-0.4, -0.2) is 47.8 Å². The second-order valence-corrected chi connectivity index (χ2v) is 4.00. The second kappa shape index (κ2) is 7.70. The van der Waals surface area contributed by atoms with Crippen LogP contribution in [0.2, 0.25) is 0 Å². The first-order valence-corrected chi connectivity index (χ1v) is 6.02. The Morgan fingerprint density at radius 1 is 1.21 bits per heavy atom. The number of anilines is 1. The summed E-state index contributed by atoms with van der Waals surface area (Å²) < 4.78 is 12.3. The molecule has 0 aliphatic heterocycles. The van der Waals surface area contributed by atoms with Crippen LogP contribution in [0.3, 0.4) is 0 Å². The van der Waals surface area contributed by atoms with Crippen LogP contribution in [0.4, 0.5) is 5.82 Å². The Hall–Kier alpha value is -1.67. The molecule has 0 amide bonds. The lowest BCUT2D eigenvalue weighted by Gasteiger charge is -2.08. The number of nitrogens with one attached hydrogen (secondary N) is 1. The molecular weight excluding hydrogens is 252 g/mol. The SMILES string of the molecule is COCCOCCCNc1nn(C)c(=O)n(C)c1=O. The number of hydrogen-bond donors (Lipinski definition) is 1. The first-order chi connectivity index (χ1) is 9.07. The van der Waals surface area contributed by atoms with Crippen molar-refractivity contribution in [1.29, 1.82) is 0 Å². The summed E-state index contributed by atoms with van der Waals surface area (Å²) in [5, 5.41) is 6.78. The lowest BCUT2D eigenvalue weighted by molar-refractivity contribution is 0.0705. The van der Waals surface area contributed by atoms with Gasteiger partial charge < -0.3 is 14.8 Å². The quantitative estimate of drug-likeness (QED) is 0.607. The molecule has 0 aliphatic carbocycles. The van der Waals surface area contributed by atoms with Gasteiger partial charge in [0.05, 0.1) is 13.2 Å². The number of aryl methyl sites for hydroxylation is 1. The summed E-state index contributed by atoms with van der Waals surface area (Å²) in [6.07, 6.45) is 0.734. The van der Waals surface area contributed by atoms with Gasteiger partial charge in [-0.05, 0) is 6.42 Å². The van der Waals surface area contributed by atoms with E-state index in [1.807, 2.05) is 0 Å². The smallest absolute Gasteiger partial charge is 0.346 e. The standard InChI is InChI=1S/C11H20N4O4/c1-14-10(16)9(13-15(2)11(14)17)12-5-4-6-19-8-7-18-3/h4-8H2,1-3H3,(H,12,13). The third-order valence-corrected chi connectivity index (χ3v) is 2.51. The molecule has 0 aliphatic rings. The molecule has 108 valence electrons. The van der Waals surface area contributed by atoms with Crippen LogP contribution in [0, 0.1) is 0 Å². The fraction of sp³-hybridized carbons (Fsp3) is 0.727. The molecular formula is C11H20N4O4. The van der Waals surface area contributed by atoms with Crippen molar-refractivity contribution in [3.63, 3.8) is 0 Å². The fourth-order valence-corrected chi connectivity index (χ4v) is 1.43. The molecule has 0 fully saturated rings. The Labute approximate surface area is 110 Å². The van der Waals surface area contributed by atoms with Gasteiger partial charge in [-0.15, -0.1) is 5.10 Å². The largest absolute Gasteiger partial charge is 0.382 e. The first kappa shape index (κ1) is 15.4. The Morgan fingerprint density at radius 2 is 1.95 bits per heavy atom. The summed E-state index contributed by atoms with van der Waals surface area (Å²) >= 11 is 0. The predicted molar refractivity (Wildman–Crippen MR) is 70.5 cm³/mol. The first-order valence-electron chi connectivity index (χ1n) is 6.02. The summed E-state index contributed by atoms with van der Waals surface area (Å²) in [4.78, 5) is 23.1. The maximum atomic E-state index is 11.7. The van der Waals surface area contributed by atoms with Crippen molar-refractivity contribution in [2.24, 2.45) is 14.1 Å². The highest BCUT2D eigenvalue weighted by molar-refractivity contribution is 5.29. The number of rotatable bonds is 8. The minimum atomic E-state index is -0.446. The van der Waals surface area contributed by atoms with Crippen LogP contribution in [0.15, 0.2) is 9.59 Å². The highest BCUT2D eigenvalue weighted by Crippen LogP contribution is 1.91. The maximum Gasteiger partial charge on any atom is 0.346 e. The summed E-state index contributed by atoms with van der Waals surface area (Å²) in [5.74, 6) is 0.168. The lowest BCUT2D eigenvalue weighted by atomic mass is 10.4. The van der Waals surface area contributed by atoms with Gasteiger partial charge in [-0.1, -0.05) is 0 Å². The predicted octanol–water partition coefficient (Wildman–Crippen LogP) is -1.06. The molecule has 1 heterocycles. The summed E-state index contributed by atoms with van der Waals surface area (Å²) in [6.45, 7) is 2.24. The zero-order valence-electron chi connectivity index (χ0n) is 11.5. The van der Waals surface area contributed by atoms with E-state index in [0.29, 0.717) is 26.4 Å². The normalized spacial score (nSPS) is 10.7. The van der Waals surface area contributed by atoms with Gasteiger partial charge in [0.1, 0.15) is 0 Å². The van der Waals surface area contributed by atoms with E-state index < -0.39 is 11.2 Å². The minimum absolute atomic E-state index is 0.168. The third-order valence-electron chi connectivity index (χ3n) is 2.51. The lowest BCUT2D eigenvalue weighted by Crippen LogP contribution is -2.40. The molecule has 1 rings (SSSR count). The van der Waals surface area contributed by atoms with Crippen LogP contribution >= 0.6 is 0 Å². The number of nitrogens with zero attached hydrogens (tertiary/aromatic N) is 3. The van der Waals surface area contributed by atoms with Gasteiger partial charge in [-0.2, -0.15) is 0 Å². The number of hydrogen-bond acceptors (Lipinski definition) is 6. The molecule has 0 radical (unpaired) electrons. The van der Waals surface area contributed by atoms with Gasteiger partial charge in [0, 0.05) is 34.4 Å². The van der Waals surface area contributed by atoms with Gasteiger partial charge in [-0.25, -0.2) is 9.48 Å². The molecule has 1 N–H and O–H groups in total. The van der Waals surface area contributed by atoms with Crippen LogP contribution in [0.5, 0.6) is 0 Å². The average molecular weight is 272 g/mol. The Kier molecular flexibility index (Phi) is 6.23. The van der Waals surface area contributed by atoms with Gasteiger partial charge in [0.2, 0.25) is 5.82 Å². The zero-order valence-corrected chi connectivity index (χ0v) is 11.5. The average Bonchev–Trinajstić information content (AvgIpc) is 2.41. The number of ether oxygens (including phenoxy) is 2. The Morgan fingerprint density at radius 3 is 2.63 bits per heavy atom. The van der Waals surface area contributed by atoms with Crippen molar-refractivity contribution >= 4 is 5.82 Å². The van der Waals surface area contributed by atoms with Crippen LogP contribution in [-0.2, 0) is 23.6 Å². The van der Waals surface area contributed by atoms with Gasteiger partial charge in [0.15, 0.2) is 0 Å². The fourth-order valence-electron chi connectivity index (χ4n) is 1.43. The van der Waals surface area contributed by atoms with Crippen molar-refractivity contribution in [1.82, 2.24) is 14.3 Å². The molecule has 1 aromatic heterocycles. The third kappa shape index (κ3) is 4.49. The van der Waals surface area contributed by atoms with Gasteiger partial charge in [0.25, 0.3) is 5.56 Å². The molecule has 0 saturated heterocycles. The summed E-state index contributed by atoms with van der Waals surface area (Å²) in [7, 11) is 4.54. The molecule has 0 atom stereocenters. The molecule has 0 saturated carbocycles. The molecule has 0 aromatic carbocycles. The van der Waals surface area contributed by atoms with E-state index in [2.05, 4.69) is 10.4 Å². The molecule has 8 nitrogen and oxygen atoms in total. The van der Waals surface area contributed by atoms with E-state index in [1.54, 1.807) is 7.11 Å². The van der Waals surface area contributed by atoms with E-state index in [1.165, 1.54) is 14.1 Å². The van der Waals surface area contributed by atoms with Crippen molar-refractivity contribution < 1.29 is 9.47 Å². The molecule has 0 spiro atoms. The zero-order chi connectivity index (χ0) is 14.3. The maximum absolute atomic E-state index is 11.7. The van der Waals surface area contributed by atoms with E-state index >= 15 is 0 Å². The van der Waals surface area contributed by atoms with Crippen LogP contribution in [0.25, 0.3) is 0 Å². The highest BCUT2D eigenvalue weighted by Gasteiger charge is 2.07. The molecule has 19 heavy (non-hydrogen) atoms. The molecule has 8 heteroatoms. The van der Waals surface area contributed by atoms with Crippen molar-refractivity contribution in [3.8, 4) is 0 Å². The summed E-state index contributed by atoms with van der Waals surface area (Å²) in [5.41, 5.74) is -0.873. The van der Waals surface area contributed by atoms with Crippen LogP contribution < -0.4 is 16.6 Å². The second-order valence-electron chi connectivity index (χ2n) is 4.00. The van der Waals surface area contributed by atoms with Crippen molar-refractivity contribution in [3.05, 3.63) is 20.8 Å². The van der Waals surface area contributed by atoms with Crippen molar-refractivity contribution in [2.75, 3.05) is 38.8 Å². The topological polar surface area (TPSA) is 87.4 Å². The molecule has 0 unspecified atom stereocenters. The highest BCUT2D eigenvalue weighted by atomic mass is 16.5. The monoisotopic (exact) mass is 272 g/mol. The van der Waals surface area contributed by atoms with Crippen LogP contribution in [0.1, 0.15) is 6.42 Å².